The molecule has 0 aliphatic rings. The van der Waals surface area contributed by atoms with Crippen molar-refractivity contribution in [2.75, 3.05) is 5.32 Å². The van der Waals surface area contributed by atoms with Crippen LogP contribution in [0.3, 0.4) is 0 Å². The van der Waals surface area contributed by atoms with Gasteiger partial charge in [-0.15, -0.1) is 0 Å². The van der Waals surface area contributed by atoms with Gasteiger partial charge in [0.05, 0.1) is 10.0 Å². The number of rotatable bonds is 3. The summed E-state index contributed by atoms with van der Waals surface area (Å²) >= 11 is 18.1. The van der Waals surface area contributed by atoms with E-state index in [4.69, 9.17) is 34.8 Å². The molecule has 88 valence electrons. The van der Waals surface area contributed by atoms with Crippen LogP contribution in [0.15, 0.2) is 42.5 Å². The standard InChI is InChI=1S/C13H10Cl3N/c14-11-6-7-12(15)13(16)10(11)8-17-9-4-2-1-3-5-9/h1-7,17H,8H2. The number of anilines is 1. The number of halogens is 3. The number of para-hydroxylation sites is 1. The first-order chi connectivity index (χ1) is 8.18. The highest BCUT2D eigenvalue weighted by Gasteiger charge is 2.09. The second kappa shape index (κ2) is 5.63. The Hall–Kier alpha value is -0.890. The van der Waals surface area contributed by atoms with E-state index >= 15 is 0 Å². The molecule has 1 nitrogen and oxygen atoms in total. The van der Waals surface area contributed by atoms with Gasteiger partial charge in [0.15, 0.2) is 0 Å². The molecule has 2 aromatic carbocycles. The first-order valence-corrected chi connectivity index (χ1v) is 6.23. The van der Waals surface area contributed by atoms with Gasteiger partial charge in [0.1, 0.15) is 0 Å². The Balaban J connectivity index is 2.17. The van der Waals surface area contributed by atoms with Crippen LogP contribution in [0.5, 0.6) is 0 Å². The minimum absolute atomic E-state index is 0.502. The second-order valence-electron chi connectivity index (χ2n) is 3.54. The van der Waals surface area contributed by atoms with Crippen molar-refractivity contribution < 1.29 is 0 Å². The van der Waals surface area contributed by atoms with E-state index in [0.29, 0.717) is 21.6 Å². The molecule has 0 fully saturated rings. The zero-order chi connectivity index (χ0) is 12.3. The van der Waals surface area contributed by atoms with Crippen LogP contribution in [-0.2, 0) is 6.54 Å². The molecule has 0 aromatic heterocycles. The maximum atomic E-state index is 6.11. The van der Waals surface area contributed by atoms with Crippen molar-refractivity contribution in [2.24, 2.45) is 0 Å². The van der Waals surface area contributed by atoms with Gasteiger partial charge in [-0.1, -0.05) is 53.0 Å². The molecule has 2 aromatic rings. The van der Waals surface area contributed by atoms with Crippen LogP contribution in [0.25, 0.3) is 0 Å². The van der Waals surface area contributed by atoms with Crippen molar-refractivity contribution in [1.29, 1.82) is 0 Å². The highest BCUT2D eigenvalue weighted by Crippen LogP contribution is 2.31. The molecule has 4 heteroatoms. The summed E-state index contributed by atoms with van der Waals surface area (Å²) in [6.07, 6.45) is 0. The van der Waals surface area contributed by atoms with Crippen LogP contribution in [0.2, 0.25) is 15.1 Å². The van der Waals surface area contributed by atoms with E-state index in [-0.39, 0.29) is 0 Å². The summed E-state index contributed by atoms with van der Waals surface area (Å²) in [5.74, 6) is 0. The van der Waals surface area contributed by atoms with E-state index in [0.717, 1.165) is 11.3 Å². The molecule has 17 heavy (non-hydrogen) atoms. The molecule has 0 amide bonds. The van der Waals surface area contributed by atoms with Crippen LogP contribution in [0.1, 0.15) is 5.56 Å². The third-order valence-electron chi connectivity index (χ3n) is 2.38. The van der Waals surface area contributed by atoms with Gasteiger partial charge in [-0.2, -0.15) is 0 Å². The normalized spacial score (nSPS) is 10.3. The SMILES string of the molecule is Clc1ccc(Cl)c(CNc2ccccc2)c1Cl. The third-order valence-corrected chi connectivity index (χ3v) is 3.58. The topological polar surface area (TPSA) is 12.0 Å². The fraction of sp³-hybridized carbons (Fsp3) is 0.0769. The summed E-state index contributed by atoms with van der Waals surface area (Å²) in [5.41, 5.74) is 1.82. The van der Waals surface area contributed by atoms with Crippen molar-refractivity contribution >= 4 is 40.5 Å². The zero-order valence-corrected chi connectivity index (χ0v) is 11.2. The van der Waals surface area contributed by atoms with Crippen LogP contribution >= 0.6 is 34.8 Å². The number of hydrogen-bond donors (Lipinski definition) is 1. The van der Waals surface area contributed by atoms with Crippen LogP contribution in [-0.4, -0.2) is 0 Å². The quantitative estimate of drug-likeness (QED) is 0.759. The van der Waals surface area contributed by atoms with Crippen molar-refractivity contribution in [2.45, 2.75) is 6.54 Å². The van der Waals surface area contributed by atoms with Crippen LogP contribution in [0, 0.1) is 0 Å². The first-order valence-electron chi connectivity index (χ1n) is 5.10. The lowest BCUT2D eigenvalue weighted by Crippen LogP contribution is -2.00. The van der Waals surface area contributed by atoms with E-state index in [1.54, 1.807) is 12.1 Å². The number of benzene rings is 2. The van der Waals surface area contributed by atoms with E-state index in [1.165, 1.54) is 0 Å². The Labute approximate surface area is 115 Å². The number of nitrogens with one attached hydrogen (secondary N) is 1. The van der Waals surface area contributed by atoms with Gasteiger partial charge in [0, 0.05) is 22.8 Å². The summed E-state index contributed by atoms with van der Waals surface area (Å²) in [6.45, 7) is 0.544. The molecule has 2 rings (SSSR count). The maximum absolute atomic E-state index is 6.11. The Kier molecular flexibility index (Phi) is 4.16. The molecule has 0 spiro atoms. The molecule has 0 atom stereocenters. The largest absolute Gasteiger partial charge is 0.381 e. The second-order valence-corrected chi connectivity index (χ2v) is 4.73. The highest BCUT2D eigenvalue weighted by molar-refractivity contribution is 6.44. The minimum atomic E-state index is 0.502. The van der Waals surface area contributed by atoms with E-state index in [9.17, 15) is 0 Å². The summed E-state index contributed by atoms with van der Waals surface area (Å²) in [6, 6.07) is 13.3. The molecule has 0 unspecified atom stereocenters. The van der Waals surface area contributed by atoms with Gasteiger partial charge in [0.25, 0.3) is 0 Å². The van der Waals surface area contributed by atoms with E-state index in [1.807, 2.05) is 30.3 Å². The van der Waals surface area contributed by atoms with Gasteiger partial charge in [-0.25, -0.2) is 0 Å². The van der Waals surface area contributed by atoms with Crippen molar-refractivity contribution in [1.82, 2.24) is 0 Å². The lowest BCUT2D eigenvalue weighted by molar-refractivity contribution is 1.15. The lowest BCUT2D eigenvalue weighted by Gasteiger charge is -2.10. The fourth-order valence-electron chi connectivity index (χ4n) is 1.48. The first kappa shape index (κ1) is 12.6. The predicted octanol–water partition coefficient (Wildman–Crippen LogP) is 5.26. The lowest BCUT2D eigenvalue weighted by atomic mass is 10.2. The Morgan fingerprint density at radius 1 is 0.824 bits per heavy atom. The summed E-state index contributed by atoms with van der Waals surface area (Å²) in [7, 11) is 0. The van der Waals surface area contributed by atoms with E-state index < -0.39 is 0 Å². The van der Waals surface area contributed by atoms with Gasteiger partial charge in [0.2, 0.25) is 0 Å². The molecule has 0 bridgehead atoms. The van der Waals surface area contributed by atoms with Gasteiger partial charge < -0.3 is 5.32 Å². The zero-order valence-electron chi connectivity index (χ0n) is 8.88. The molecular weight excluding hydrogens is 277 g/mol. The van der Waals surface area contributed by atoms with Gasteiger partial charge >= 0.3 is 0 Å². The maximum Gasteiger partial charge on any atom is 0.0657 e. The Morgan fingerprint density at radius 3 is 2.18 bits per heavy atom. The summed E-state index contributed by atoms with van der Waals surface area (Å²) in [4.78, 5) is 0. The van der Waals surface area contributed by atoms with Crippen molar-refractivity contribution in [3.05, 3.63) is 63.1 Å². The van der Waals surface area contributed by atoms with Crippen molar-refractivity contribution in [3.8, 4) is 0 Å². The monoisotopic (exact) mass is 285 g/mol. The summed E-state index contributed by atoms with van der Waals surface area (Å²) < 4.78 is 0. The average Bonchev–Trinajstić information content (AvgIpc) is 2.35. The average molecular weight is 287 g/mol. The molecule has 0 heterocycles. The van der Waals surface area contributed by atoms with E-state index in [2.05, 4.69) is 5.32 Å². The molecule has 0 aliphatic carbocycles. The molecular formula is C13H10Cl3N. The Bertz CT molecular complexity index is 512. The Morgan fingerprint density at radius 2 is 1.47 bits per heavy atom. The smallest absolute Gasteiger partial charge is 0.0657 e. The summed E-state index contributed by atoms with van der Waals surface area (Å²) in [5, 5.41) is 4.87. The molecule has 0 radical (unpaired) electrons. The molecule has 0 aliphatic heterocycles. The third kappa shape index (κ3) is 3.06. The molecule has 0 saturated heterocycles. The van der Waals surface area contributed by atoms with Gasteiger partial charge in [-0.05, 0) is 24.3 Å². The van der Waals surface area contributed by atoms with Crippen molar-refractivity contribution in [3.63, 3.8) is 0 Å². The van der Waals surface area contributed by atoms with Gasteiger partial charge in [-0.3, -0.25) is 0 Å². The molecule has 1 N–H and O–H groups in total. The molecule has 0 saturated carbocycles. The van der Waals surface area contributed by atoms with Crippen LogP contribution in [0.4, 0.5) is 5.69 Å². The highest BCUT2D eigenvalue weighted by atomic mass is 35.5. The predicted molar refractivity (Wildman–Crippen MR) is 75.2 cm³/mol. The minimum Gasteiger partial charge on any atom is -0.381 e. The fourth-order valence-corrected chi connectivity index (χ4v) is 2.16. The number of hydrogen-bond acceptors (Lipinski definition) is 1. The van der Waals surface area contributed by atoms with Crippen LogP contribution < -0.4 is 5.32 Å².